The van der Waals surface area contributed by atoms with E-state index in [0.717, 1.165) is 0 Å². The van der Waals surface area contributed by atoms with Crippen molar-refractivity contribution in [2.75, 3.05) is 0 Å². The molecule has 298 valence electrons. The molecule has 0 saturated carbocycles. The largest absolute Gasteiger partial charge is 2.00 e. The Balaban J connectivity index is 0.00000265. The molecule has 0 radical (unpaired) electrons. The number of nitrogens with zero attached hydrogens (tertiary/aromatic N) is 2. The number of hydrogen-bond donors (Lipinski definition) is 0. The molecule has 24 heteroatoms. The number of allylic oxidation sites excluding steroid dienone is 1. The van der Waals surface area contributed by atoms with Gasteiger partial charge in [0.15, 0.2) is 69.8 Å². The third kappa shape index (κ3) is 8.11. The van der Waals surface area contributed by atoms with Gasteiger partial charge in [-0.15, -0.1) is 21.9 Å². The smallest absolute Gasteiger partial charge is 0.245 e. The molecule has 55 heavy (non-hydrogen) atoms. The Morgan fingerprint density at radius 3 is 0.527 bits per heavy atom. The predicted octanol–water partition coefficient (Wildman–Crippen LogP) is 7.91. The fourth-order valence-electron chi connectivity index (χ4n) is 4.87. The van der Waals surface area contributed by atoms with Gasteiger partial charge in [-0.2, -0.15) is 10.5 Å². The summed E-state index contributed by atoms with van der Waals surface area (Å²) in [5.41, 5.74) is -14.3. The molecule has 0 aromatic heterocycles. The minimum absolute atomic E-state index is 0. The Hall–Kier alpha value is -5.20. The minimum atomic E-state index is -7.22. The van der Waals surface area contributed by atoms with Crippen molar-refractivity contribution in [3.05, 3.63) is 136 Å². The van der Waals surface area contributed by atoms with Crippen LogP contribution in [0.3, 0.4) is 0 Å². The number of nitriles is 2. The summed E-state index contributed by atoms with van der Waals surface area (Å²) in [4.78, 5) is 0. The molecular formula is C31H11BF20N2Pd. The van der Waals surface area contributed by atoms with E-state index >= 15 is 35.1 Å². The third-order valence-electron chi connectivity index (χ3n) is 6.71. The van der Waals surface area contributed by atoms with Crippen molar-refractivity contribution in [2.24, 2.45) is 0 Å². The van der Waals surface area contributed by atoms with Gasteiger partial charge < -0.3 is 0 Å². The first-order valence-corrected chi connectivity index (χ1v) is 13.2. The molecule has 2 nitrogen and oxygen atoms in total. The van der Waals surface area contributed by atoms with Crippen LogP contribution in [-0.4, -0.2) is 6.15 Å². The van der Waals surface area contributed by atoms with E-state index in [4.69, 9.17) is 10.5 Å². The second-order valence-electron chi connectivity index (χ2n) is 9.54. The fraction of sp³-hybridized carbons (Fsp3) is 0.0645. The summed E-state index contributed by atoms with van der Waals surface area (Å²) in [6.07, 6.45) is -5.72. The molecule has 0 aliphatic heterocycles. The van der Waals surface area contributed by atoms with Gasteiger partial charge in [0.25, 0.3) is 0 Å². The summed E-state index contributed by atoms with van der Waals surface area (Å²) < 4.78 is 294. The van der Waals surface area contributed by atoms with Crippen molar-refractivity contribution in [1.82, 2.24) is 0 Å². The van der Waals surface area contributed by atoms with Gasteiger partial charge in [-0.25, -0.2) is 107 Å². The number of hydrogen-bond acceptors (Lipinski definition) is 2. The normalized spacial score (nSPS) is 10.3. The monoisotopic (exact) mass is 908 g/mol. The Labute approximate surface area is 308 Å². The van der Waals surface area contributed by atoms with Crippen LogP contribution in [0, 0.1) is 146 Å². The molecule has 0 aliphatic rings. The molecule has 0 saturated heterocycles. The summed E-state index contributed by atoms with van der Waals surface area (Å²) >= 11 is 0. The van der Waals surface area contributed by atoms with Gasteiger partial charge in [-0.3, -0.25) is 0 Å². The van der Waals surface area contributed by atoms with Crippen LogP contribution in [-0.2, 0) is 20.4 Å². The molecule has 0 atom stereocenters. The summed E-state index contributed by atoms with van der Waals surface area (Å²) in [6, 6.07) is 3.50. The zero-order valence-electron chi connectivity index (χ0n) is 26.3. The van der Waals surface area contributed by atoms with Crippen LogP contribution in [0.15, 0.2) is 12.7 Å². The molecule has 0 N–H and O–H groups in total. The van der Waals surface area contributed by atoms with Crippen LogP contribution in [0.25, 0.3) is 0 Å². The number of halogens is 20. The first-order valence-electron chi connectivity index (χ1n) is 13.2. The van der Waals surface area contributed by atoms with Gasteiger partial charge in [0.1, 0.15) is 52.7 Å². The van der Waals surface area contributed by atoms with Gasteiger partial charge in [0, 0.05) is 13.8 Å². The van der Waals surface area contributed by atoms with E-state index in [1.165, 1.54) is 19.9 Å². The van der Waals surface area contributed by atoms with Gasteiger partial charge >= 0.3 is 20.4 Å². The first-order chi connectivity index (χ1) is 24.9. The first kappa shape index (κ1) is 49.8. The van der Waals surface area contributed by atoms with Crippen LogP contribution < -0.4 is 21.9 Å². The van der Waals surface area contributed by atoms with Crippen molar-refractivity contribution in [3.8, 4) is 12.1 Å². The van der Waals surface area contributed by atoms with Crippen molar-refractivity contribution >= 4 is 28.0 Å². The van der Waals surface area contributed by atoms with Crippen molar-refractivity contribution < 1.29 is 108 Å². The van der Waals surface area contributed by atoms with Crippen LogP contribution in [0.5, 0.6) is 0 Å². The summed E-state index contributed by atoms with van der Waals surface area (Å²) in [6.45, 7) is 9.36. The molecule has 0 aliphatic carbocycles. The summed E-state index contributed by atoms with van der Waals surface area (Å²) in [5.74, 6) is -71.4. The number of rotatable bonds is 4. The van der Waals surface area contributed by atoms with Gasteiger partial charge in [-0.05, 0) is 0 Å². The van der Waals surface area contributed by atoms with Gasteiger partial charge in [0.05, 0.1) is 12.1 Å². The van der Waals surface area contributed by atoms with E-state index in [0.29, 0.717) is 0 Å². The molecule has 0 unspecified atom stereocenters. The Morgan fingerprint density at radius 2 is 0.436 bits per heavy atom. The van der Waals surface area contributed by atoms with E-state index < -0.39 is 144 Å². The second-order valence-corrected chi connectivity index (χ2v) is 9.54. The van der Waals surface area contributed by atoms with Crippen LogP contribution in [0.4, 0.5) is 87.8 Å². The van der Waals surface area contributed by atoms with E-state index in [9.17, 15) is 52.7 Å². The number of benzene rings is 4. The van der Waals surface area contributed by atoms with E-state index in [1.54, 1.807) is 12.1 Å². The van der Waals surface area contributed by atoms with Gasteiger partial charge in [-0.1, -0.05) is 0 Å². The Bertz CT molecular complexity index is 1820. The Morgan fingerprint density at radius 1 is 0.364 bits per heavy atom. The minimum Gasteiger partial charge on any atom is -0.245 e. The van der Waals surface area contributed by atoms with Crippen molar-refractivity contribution in [1.29, 1.82) is 10.5 Å². The van der Waals surface area contributed by atoms with E-state index in [2.05, 4.69) is 13.5 Å². The topological polar surface area (TPSA) is 47.6 Å². The molecule has 4 rings (SSSR count). The summed E-state index contributed by atoms with van der Waals surface area (Å²) in [7, 11) is 0. The van der Waals surface area contributed by atoms with Crippen LogP contribution >= 0.6 is 0 Å². The molecule has 4 aromatic carbocycles. The van der Waals surface area contributed by atoms with Crippen molar-refractivity contribution in [3.63, 3.8) is 0 Å². The molecular weight excluding hydrogens is 898 g/mol. The maximum atomic E-state index is 15.4. The second kappa shape index (κ2) is 19.4. The molecule has 0 bridgehead atoms. The maximum Gasteiger partial charge on any atom is 2.00 e. The molecule has 0 amide bonds. The molecule has 0 heterocycles. The fourth-order valence-corrected chi connectivity index (χ4v) is 4.87. The maximum absolute atomic E-state index is 15.4. The zero-order valence-corrected chi connectivity index (χ0v) is 27.9. The van der Waals surface area contributed by atoms with E-state index in [1.807, 2.05) is 0 Å². The van der Waals surface area contributed by atoms with E-state index in [-0.39, 0.29) is 20.4 Å². The Kier molecular flexibility index (Phi) is 17.6. The average Bonchev–Trinajstić information content (AvgIpc) is 3.12. The van der Waals surface area contributed by atoms with Crippen LogP contribution in [0.1, 0.15) is 13.8 Å². The SMILES string of the molecule is C=C[CH2-].CC#N.CC#N.Fc1c(F)c(F)c([B-](c2c(F)c(F)c(F)c(F)c2F)(c2c(F)c(F)c(F)c(F)c2F)c2c(F)c(F)c(F)c(F)c2F)c(F)c1F.[Pd+2]. The molecule has 4 aromatic rings. The summed E-state index contributed by atoms with van der Waals surface area (Å²) in [5, 5.41) is 14.6. The van der Waals surface area contributed by atoms with Crippen LogP contribution in [0.2, 0.25) is 0 Å². The third-order valence-corrected chi connectivity index (χ3v) is 6.71. The predicted molar refractivity (Wildman–Crippen MR) is 147 cm³/mol. The molecule has 0 fully saturated rings. The zero-order chi connectivity index (χ0) is 42.5. The standard InChI is InChI=1S/C24BF20.C3H5.2C2H3N.Pd/c26-5-1(6(27)14(35)21(42)13(5)34)25(2-7(28)15(36)22(43)16(37)8(2)29,3-9(30)17(38)23(44)18(39)10(3)31)4-11(32)19(40)24(45)20(41)12(4)33;1-3-2;2*1-2-3;/h;3H,1-2H2;2*1H3;/q2*-1;;;+2. The van der Waals surface area contributed by atoms with Crippen molar-refractivity contribution in [2.45, 2.75) is 13.8 Å². The quantitative estimate of drug-likeness (QED) is 0.0688. The van der Waals surface area contributed by atoms with Gasteiger partial charge in [0.2, 0.25) is 0 Å². The average molecular weight is 909 g/mol. The molecule has 0 spiro atoms.